The molecule has 1 aromatic heterocycles. The lowest BCUT2D eigenvalue weighted by Gasteiger charge is -2.25. The molecular weight excluding hydrogens is 448 g/mol. The van der Waals surface area contributed by atoms with E-state index in [9.17, 15) is 13.2 Å². The van der Waals surface area contributed by atoms with E-state index in [1.807, 2.05) is 25.1 Å². The minimum absolute atomic E-state index is 0.208. The third kappa shape index (κ3) is 4.96. The monoisotopic (exact) mass is 486 g/mol. The fourth-order valence-corrected chi connectivity index (χ4v) is 7.57. The van der Waals surface area contributed by atoms with E-state index in [-0.39, 0.29) is 12.5 Å². The summed E-state index contributed by atoms with van der Waals surface area (Å²) in [6.45, 7) is 7.80. The SMILES string of the molecule is CCOC(=O)Cn1c(C)c(Cc2ccccc2S(=O)(=O)N2CCCC2)c(C)c1C1CCCCC1. The largest absolute Gasteiger partial charge is 0.465 e. The van der Waals surface area contributed by atoms with Crippen molar-refractivity contribution >= 4 is 16.0 Å². The molecule has 0 N–H and O–H groups in total. The van der Waals surface area contributed by atoms with Crippen LogP contribution in [0, 0.1) is 13.8 Å². The number of sulfonamides is 1. The molecule has 1 aromatic carbocycles. The summed E-state index contributed by atoms with van der Waals surface area (Å²) in [7, 11) is -3.51. The minimum Gasteiger partial charge on any atom is -0.465 e. The van der Waals surface area contributed by atoms with Crippen molar-refractivity contribution in [3.8, 4) is 0 Å². The van der Waals surface area contributed by atoms with Crippen LogP contribution >= 0.6 is 0 Å². The maximum absolute atomic E-state index is 13.4. The number of carbonyl (C=O) groups excluding carboxylic acids is 1. The van der Waals surface area contributed by atoms with E-state index in [0.29, 0.717) is 36.9 Å². The summed E-state index contributed by atoms with van der Waals surface area (Å²) in [5.41, 5.74) is 5.43. The zero-order chi connectivity index (χ0) is 24.3. The number of nitrogens with zero attached hydrogens (tertiary/aromatic N) is 2. The molecule has 1 aliphatic heterocycles. The van der Waals surface area contributed by atoms with Gasteiger partial charge < -0.3 is 9.30 Å². The van der Waals surface area contributed by atoms with E-state index < -0.39 is 10.0 Å². The van der Waals surface area contributed by atoms with E-state index in [1.165, 1.54) is 30.5 Å². The third-order valence-corrected chi connectivity index (χ3v) is 9.58. The molecule has 0 bridgehead atoms. The topological polar surface area (TPSA) is 68.6 Å². The van der Waals surface area contributed by atoms with Crippen LogP contribution < -0.4 is 0 Å². The molecule has 0 unspecified atom stereocenters. The fraction of sp³-hybridized carbons (Fsp3) is 0.593. The average Bonchev–Trinajstić information content (AvgIpc) is 3.45. The van der Waals surface area contributed by atoms with Crippen molar-refractivity contribution in [2.75, 3.05) is 19.7 Å². The number of carbonyl (C=O) groups is 1. The Hall–Kier alpha value is -2.12. The highest BCUT2D eigenvalue weighted by Crippen LogP contribution is 2.39. The van der Waals surface area contributed by atoms with Crippen LogP contribution in [0.4, 0.5) is 0 Å². The van der Waals surface area contributed by atoms with Gasteiger partial charge in [0.15, 0.2) is 0 Å². The normalized spacial score (nSPS) is 17.9. The molecule has 0 spiro atoms. The molecule has 1 saturated carbocycles. The van der Waals surface area contributed by atoms with Crippen molar-refractivity contribution in [2.45, 2.75) is 89.5 Å². The second-order valence-corrected chi connectivity index (χ2v) is 11.6. The number of rotatable bonds is 8. The second kappa shape index (κ2) is 10.6. The number of hydrogen-bond acceptors (Lipinski definition) is 4. The third-order valence-electron chi connectivity index (χ3n) is 7.58. The molecule has 2 aromatic rings. The van der Waals surface area contributed by atoms with Crippen LogP contribution in [-0.4, -0.2) is 43.0 Å². The van der Waals surface area contributed by atoms with E-state index in [0.717, 1.165) is 42.5 Å². The van der Waals surface area contributed by atoms with Gasteiger partial charge in [-0.25, -0.2) is 8.42 Å². The van der Waals surface area contributed by atoms with Crippen molar-refractivity contribution in [1.29, 1.82) is 0 Å². The maximum atomic E-state index is 13.4. The van der Waals surface area contributed by atoms with Crippen LogP contribution in [0.3, 0.4) is 0 Å². The highest BCUT2D eigenvalue weighted by molar-refractivity contribution is 7.89. The molecule has 6 nitrogen and oxygen atoms in total. The molecule has 7 heteroatoms. The lowest BCUT2D eigenvalue weighted by Crippen LogP contribution is -2.28. The minimum atomic E-state index is -3.51. The zero-order valence-corrected chi connectivity index (χ0v) is 21.6. The molecule has 0 radical (unpaired) electrons. The number of hydrogen-bond donors (Lipinski definition) is 0. The van der Waals surface area contributed by atoms with Gasteiger partial charge in [-0.15, -0.1) is 0 Å². The Labute approximate surface area is 204 Å². The van der Waals surface area contributed by atoms with Gasteiger partial charge in [0.1, 0.15) is 6.54 Å². The van der Waals surface area contributed by atoms with Gasteiger partial charge in [-0.3, -0.25) is 4.79 Å². The molecule has 1 saturated heterocycles. The van der Waals surface area contributed by atoms with Crippen LogP contribution in [0.25, 0.3) is 0 Å². The van der Waals surface area contributed by atoms with Gasteiger partial charge in [-0.1, -0.05) is 37.5 Å². The molecular formula is C27H38N2O4S. The Morgan fingerprint density at radius 3 is 2.38 bits per heavy atom. The molecule has 4 rings (SSSR count). The molecule has 34 heavy (non-hydrogen) atoms. The Morgan fingerprint density at radius 1 is 1.03 bits per heavy atom. The first-order valence-corrected chi connectivity index (χ1v) is 14.2. The molecule has 2 heterocycles. The van der Waals surface area contributed by atoms with Crippen molar-refractivity contribution in [3.05, 3.63) is 52.3 Å². The highest BCUT2D eigenvalue weighted by atomic mass is 32.2. The molecule has 1 aliphatic carbocycles. The average molecular weight is 487 g/mol. The van der Waals surface area contributed by atoms with Crippen LogP contribution in [0.2, 0.25) is 0 Å². The lowest BCUT2D eigenvalue weighted by atomic mass is 9.85. The summed E-state index contributed by atoms with van der Waals surface area (Å²) >= 11 is 0. The predicted molar refractivity (Wildman–Crippen MR) is 134 cm³/mol. The summed E-state index contributed by atoms with van der Waals surface area (Å²) in [5.74, 6) is 0.209. The van der Waals surface area contributed by atoms with E-state index in [4.69, 9.17) is 4.74 Å². The Balaban J connectivity index is 1.74. The molecule has 0 atom stereocenters. The predicted octanol–water partition coefficient (Wildman–Crippen LogP) is 5.09. The lowest BCUT2D eigenvalue weighted by molar-refractivity contribution is -0.143. The van der Waals surface area contributed by atoms with Gasteiger partial charge in [0.25, 0.3) is 0 Å². The van der Waals surface area contributed by atoms with Crippen LogP contribution in [0.5, 0.6) is 0 Å². The number of ether oxygens (including phenoxy) is 1. The highest BCUT2D eigenvalue weighted by Gasteiger charge is 2.31. The van der Waals surface area contributed by atoms with Gasteiger partial charge in [-0.2, -0.15) is 4.31 Å². The fourth-order valence-electron chi connectivity index (χ4n) is 5.83. The van der Waals surface area contributed by atoms with Gasteiger partial charge in [0.2, 0.25) is 10.0 Å². The first-order chi connectivity index (χ1) is 16.3. The number of esters is 1. The van der Waals surface area contributed by atoms with Gasteiger partial charge in [0, 0.05) is 30.9 Å². The maximum Gasteiger partial charge on any atom is 0.325 e. The van der Waals surface area contributed by atoms with Crippen molar-refractivity contribution < 1.29 is 17.9 Å². The molecule has 0 amide bonds. The van der Waals surface area contributed by atoms with Crippen molar-refractivity contribution in [1.82, 2.24) is 8.87 Å². The first-order valence-electron chi connectivity index (χ1n) is 12.8. The number of aromatic nitrogens is 1. The van der Waals surface area contributed by atoms with Crippen LogP contribution in [0.15, 0.2) is 29.2 Å². The molecule has 186 valence electrons. The number of benzene rings is 1. The zero-order valence-electron chi connectivity index (χ0n) is 20.8. The van der Waals surface area contributed by atoms with E-state index in [1.54, 1.807) is 10.4 Å². The van der Waals surface area contributed by atoms with Crippen LogP contribution in [-0.2, 0) is 32.5 Å². The Kier molecular flexibility index (Phi) is 7.83. The van der Waals surface area contributed by atoms with Gasteiger partial charge in [-0.05, 0) is 75.1 Å². The quantitative estimate of drug-likeness (QED) is 0.487. The summed E-state index contributed by atoms with van der Waals surface area (Å²) in [6, 6.07) is 7.41. The van der Waals surface area contributed by atoms with Gasteiger partial charge in [0.05, 0.1) is 11.5 Å². The molecule has 2 fully saturated rings. The van der Waals surface area contributed by atoms with Crippen molar-refractivity contribution in [2.24, 2.45) is 0 Å². The van der Waals surface area contributed by atoms with Crippen molar-refractivity contribution in [3.63, 3.8) is 0 Å². The summed E-state index contributed by atoms with van der Waals surface area (Å²) in [5, 5.41) is 0. The standard InChI is InChI=1S/C27H38N2O4S/c1-4-33-26(30)19-29-21(3)24(20(2)27(29)22-12-6-5-7-13-22)18-23-14-8-9-15-25(23)34(31,32)28-16-10-11-17-28/h8-9,14-15,22H,4-7,10-13,16-19H2,1-3H3. The summed E-state index contributed by atoms with van der Waals surface area (Å²) in [6.07, 6.45) is 8.32. The second-order valence-electron chi connectivity index (χ2n) is 9.70. The molecule has 2 aliphatic rings. The van der Waals surface area contributed by atoms with Gasteiger partial charge >= 0.3 is 5.97 Å². The summed E-state index contributed by atoms with van der Waals surface area (Å²) in [4.78, 5) is 12.9. The smallest absolute Gasteiger partial charge is 0.325 e. The van der Waals surface area contributed by atoms with E-state index in [2.05, 4.69) is 18.4 Å². The Bertz CT molecular complexity index is 1120. The Morgan fingerprint density at radius 2 is 1.71 bits per heavy atom. The summed E-state index contributed by atoms with van der Waals surface area (Å²) < 4.78 is 35.9. The first kappa shape index (κ1) is 25.0. The van der Waals surface area contributed by atoms with Crippen LogP contribution in [0.1, 0.15) is 85.9 Å². The van der Waals surface area contributed by atoms with E-state index >= 15 is 0 Å².